The van der Waals surface area contributed by atoms with Crippen LogP contribution in [0.25, 0.3) is 0 Å². The third kappa shape index (κ3) is 12.5. The zero-order valence-electron chi connectivity index (χ0n) is 17.6. The molecule has 0 radical (unpaired) electrons. The van der Waals surface area contributed by atoms with Crippen molar-refractivity contribution in [1.82, 2.24) is 4.90 Å². The van der Waals surface area contributed by atoms with Gasteiger partial charge in [-0.3, -0.25) is 4.99 Å². The number of nitrogens with two attached hydrogens (primary N) is 1. The monoisotopic (exact) mass is 363 g/mol. The van der Waals surface area contributed by atoms with Gasteiger partial charge in [-0.05, 0) is 25.7 Å². The van der Waals surface area contributed by atoms with Crippen LogP contribution in [0, 0.1) is 0 Å². The number of unbranched alkanes of at least 4 members (excludes halogenated alkanes) is 12. The molecule has 0 spiro atoms. The molecule has 0 bridgehead atoms. The molecule has 0 aromatic heterocycles. The van der Waals surface area contributed by atoms with Gasteiger partial charge in [-0.15, -0.1) is 0 Å². The lowest BCUT2D eigenvalue weighted by Crippen LogP contribution is -2.32. The lowest BCUT2D eigenvalue weighted by Gasteiger charge is -2.19. The molecule has 26 heavy (non-hydrogen) atoms. The summed E-state index contributed by atoms with van der Waals surface area (Å²) in [5, 5.41) is 0. The van der Waals surface area contributed by atoms with Crippen LogP contribution >= 0.6 is 0 Å². The van der Waals surface area contributed by atoms with Gasteiger partial charge >= 0.3 is 0 Å². The van der Waals surface area contributed by atoms with Crippen LogP contribution in [0.5, 0.6) is 0 Å². The molecule has 3 nitrogen and oxygen atoms in total. The van der Waals surface area contributed by atoms with Gasteiger partial charge in [0.25, 0.3) is 0 Å². The Kier molecular flexibility index (Phi) is 15.7. The molecule has 1 aliphatic heterocycles. The fourth-order valence-corrected chi connectivity index (χ4v) is 3.70. The van der Waals surface area contributed by atoms with Gasteiger partial charge in [0.1, 0.15) is 0 Å². The maximum Gasteiger partial charge on any atom is 0.0990 e. The molecule has 1 heterocycles. The van der Waals surface area contributed by atoms with Crippen molar-refractivity contribution >= 4 is 5.84 Å². The highest BCUT2D eigenvalue weighted by Gasteiger charge is 2.14. The molecule has 0 atom stereocenters. The van der Waals surface area contributed by atoms with Gasteiger partial charge < -0.3 is 10.6 Å². The molecule has 0 unspecified atom stereocenters. The minimum Gasteiger partial charge on any atom is -0.357 e. The normalized spacial score (nSPS) is 14.5. The van der Waals surface area contributed by atoms with Gasteiger partial charge in [0.2, 0.25) is 0 Å². The summed E-state index contributed by atoms with van der Waals surface area (Å²) in [6.07, 6.45) is 25.2. The molecule has 0 aromatic rings. The van der Waals surface area contributed by atoms with Gasteiger partial charge in [-0.2, -0.15) is 0 Å². The lowest BCUT2D eigenvalue weighted by atomic mass is 10.0. The molecule has 0 aromatic carbocycles. The molecule has 2 N–H and O–H groups in total. The number of hydrogen-bond donors (Lipinski definition) is 1. The fraction of sp³-hybridized carbons (Fsp3) is 0.870. The second kappa shape index (κ2) is 17.6. The third-order valence-corrected chi connectivity index (χ3v) is 5.32. The first-order chi connectivity index (χ1) is 12.9. The summed E-state index contributed by atoms with van der Waals surface area (Å²) in [4.78, 5) is 7.00. The number of allylic oxidation sites excluding steroid dienone is 2. The molecule has 0 amide bonds. The third-order valence-electron chi connectivity index (χ3n) is 5.32. The van der Waals surface area contributed by atoms with E-state index in [2.05, 4.69) is 29.0 Å². The Bertz CT molecular complexity index is 362. The number of aliphatic imine (C=N–C) groups is 1. The van der Waals surface area contributed by atoms with E-state index >= 15 is 0 Å². The molecule has 1 aliphatic rings. The average Bonchev–Trinajstić information content (AvgIpc) is 3.09. The van der Waals surface area contributed by atoms with E-state index < -0.39 is 0 Å². The highest BCUT2D eigenvalue weighted by atomic mass is 15.2. The molecule has 3 heteroatoms. The van der Waals surface area contributed by atoms with E-state index in [0.29, 0.717) is 0 Å². The predicted molar refractivity (Wildman–Crippen MR) is 117 cm³/mol. The van der Waals surface area contributed by atoms with Gasteiger partial charge in [0.15, 0.2) is 0 Å². The van der Waals surface area contributed by atoms with Gasteiger partial charge in [0, 0.05) is 26.1 Å². The number of amidine groups is 1. The Morgan fingerprint density at radius 3 is 2.04 bits per heavy atom. The van der Waals surface area contributed by atoms with E-state index in [1.54, 1.807) is 0 Å². The van der Waals surface area contributed by atoms with Crippen LogP contribution < -0.4 is 5.73 Å². The minimum atomic E-state index is 0.745. The second-order valence-electron chi connectivity index (χ2n) is 7.76. The van der Waals surface area contributed by atoms with E-state index in [9.17, 15) is 0 Å². The maximum atomic E-state index is 5.66. The fourth-order valence-electron chi connectivity index (χ4n) is 3.70. The molecule has 0 saturated heterocycles. The molecule has 0 saturated carbocycles. The number of hydrogen-bond acceptors (Lipinski definition) is 3. The number of nitrogens with zero attached hydrogens (tertiary/aromatic N) is 2. The molecule has 152 valence electrons. The van der Waals surface area contributed by atoms with Crippen LogP contribution in [0.4, 0.5) is 0 Å². The second-order valence-corrected chi connectivity index (χ2v) is 7.76. The quantitative estimate of drug-likeness (QED) is 0.236. The van der Waals surface area contributed by atoms with Crippen molar-refractivity contribution in [3.8, 4) is 0 Å². The molecule has 1 rings (SSSR count). The van der Waals surface area contributed by atoms with Crippen molar-refractivity contribution < 1.29 is 0 Å². The lowest BCUT2D eigenvalue weighted by molar-refractivity contribution is 0.455. The van der Waals surface area contributed by atoms with Crippen molar-refractivity contribution in [2.24, 2.45) is 10.7 Å². The first-order valence-electron chi connectivity index (χ1n) is 11.5. The Hall–Kier alpha value is -0.830. The van der Waals surface area contributed by atoms with E-state index in [0.717, 1.165) is 32.6 Å². The Morgan fingerprint density at radius 2 is 1.42 bits per heavy atom. The number of rotatable bonds is 18. The molecule has 0 aliphatic carbocycles. The van der Waals surface area contributed by atoms with Crippen LogP contribution in [0.1, 0.15) is 103 Å². The summed E-state index contributed by atoms with van der Waals surface area (Å²) in [7, 11) is 0. The summed E-state index contributed by atoms with van der Waals surface area (Å²) < 4.78 is 0. The zero-order chi connectivity index (χ0) is 18.7. The molecular weight excluding hydrogens is 318 g/mol. The molecule has 0 fully saturated rings. The molecular formula is C23H45N3. The van der Waals surface area contributed by atoms with Crippen molar-refractivity contribution in [3.63, 3.8) is 0 Å². The van der Waals surface area contributed by atoms with Crippen molar-refractivity contribution in [2.75, 3.05) is 26.2 Å². The first kappa shape index (κ1) is 23.2. The summed E-state index contributed by atoms with van der Waals surface area (Å²) in [5.74, 6) is 1.32. The van der Waals surface area contributed by atoms with Crippen LogP contribution in [-0.2, 0) is 0 Å². The summed E-state index contributed by atoms with van der Waals surface area (Å²) in [6.45, 7) is 6.03. The van der Waals surface area contributed by atoms with Gasteiger partial charge in [0.05, 0.1) is 12.4 Å². The van der Waals surface area contributed by atoms with Gasteiger partial charge in [-0.25, -0.2) is 0 Å². The Labute approximate surface area is 163 Å². The van der Waals surface area contributed by atoms with E-state index in [4.69, 9.17) is 5.73 Å². The largest absolute Gasteiger partial charge is 0.357 e. The van der Waals surface area contributed by atoms with Crippen molar-refractivity contribution in [1.29, 1.82) is 0 Å². The SMILES string of the molecule is CCC/C=C/CCCCCCCCCCCCCC1=NCCN1CCN. The minimum absolute atomic E-state index is 0.745. The van der Waals surface area contributed by atoms with E-state index in [1.165, 1.54) is 95.7 Å². The average molecular weight is 364 g/mol. The van der Waals surface area contributed by atoms with Gasteiger partial charge in [-0.1, -0.05) is 83.3 Å². The highest BCUT2D eigenvalue weighted by molar-refractivity contribution is 5.83. The van der Waals surface area contributed by atoms with E-state index in [1.807, 2.05) is 0 Å². The van der Waals surface area contributed by atoms with Crippen molar-refractivity contribution in [3.05, 3.63) is 12.2 Å². The van der Waals surface area contributed by atoms with E-state index in [-0.39, 0.29) is 0 Å². The standard InChI is InChI=1S/C23H45N3/c1-2-3-4-5-6-7-8-9-10-11-12-13-14-15-16-17-18-23-25-20-22-26(23)21-19-24/h4-5H,2-3,6-22,24H2,1H3/b5-4+. The summed E-state index contributed by atoms with van der Waals surface area (Å²) in [6, 6.07) is 0. The highest BCUT2D eigenvalue weighted by Crippen LogP contribution is 2.14. The summed E-state index contributed by atoms with van der Waals surface area (Å²) >= 11 is 0. The maximum absolute atomic E-state index is 5.66. The van der Waals surface area contributed by atoms with Crippen LogP contribution in [0.2, 0.25) is 0 Å². The van der Waals surface area contributed by atoms with Crippen LogP contribution in [0.15, 0.2) is 17.1 Å². The first-order valence-corrected chi connectivity index (χ1v) is 11.5. The predicted octanol–water partition coefficient (Wildman–Crippen LogP) is 6.09. The Morgan fingerprint density at radius 1 is 0.846 bits per heavy atom. The zero-order valence-corrected chi connectivity index (χ0v) is 17.6. The summed E-state index contributed by atoms with van der Waals surface area (Å²) in [5.41, 5.74) is 5.66. The van der Waals surface area contributed by atoms with Crippen LogP contribution in [0.3, 0.4) is 0 Å². The Balaban J connectivity index is 1.77. The van der Waals surface area contributed by atoms with Crippen molar-refractivity contribution in [2.45, 2.75) is 103 Å². The smallest absolute Gasteiger partial charge is 0.0990 e. The topological polar surface area (TPSA) is 41.6 Å². The van der Waals surface area contributed by atoms with Crippen LogP contribution in [-0.4, -0.2) is 36.9 Å².